The zero-order chi connectivity index (χ0) is 12.1. The summed E-state index contributed by atoms with van der Waals surface area (Å²) in [5.74, 6) is 1.53. The maximum atomic E-state index is 3.72. The van der Waals surface area contributed by atoms with Crippen LogP contribution in [-0.4, -0.2) is 12.6 Å². The van der Waals surface area contributed by atoms with Crippen molar-refractivity contribution in [2.45, 2.75) is 51.5 Å². The topological polar surface area (TPSA) is 12.0 Å². The van der Waals surface area contributed by atoms with E-state index in [0.717, 1.165) is 12.5 Å². The minimum absolute atomic E-state index is 0.611. The molecule has 1 aliphatic rings. The second-order valence-electron chi connectivity index (χ2n) is 5.55. The highest BCUT2D eigenvalue weighted by Gasteiger charge is 2.21. The predicted octanol–water partition coefficient (Wildman–Crippen LogP) is 3.96. The maximum Gasteiger partial charge on any atom is 0.00672 e. The number of rotatable bonds is 5. The lowest BCUT2D eigenvalue weighted by Gasteiger charge is -2.22. The van der Waals surface area contributed by atoms with Gasteiger partial charge < -0.3 is 5.32 Å². The van der Waals surface area contributed by atoms with Crippen LogP contribution in [0.15, 0.2) is 30.3 Å². The molecule has 1 aliphatic carbocycles. The monoisotopic (exact) mass is 231 g/mol. The van der Waals surface area contributed by atoms with E-state index in [-0.39, 0.29) is 0 Å². The van der Waals surface area contributed by atoms with Crippen molar-refractivity contribution in [1.29, 1.82) is 0 Å². The zero-order valence-corrected chi connectivity index (χ0v) is 11.2. The van der Waals surface area contributed by atoms with Crippen LogP contribution in [0.2, 0.25) is 0 Å². The van der Waals surface area contributed by atoms with Gasteiger partial charge in [-0.25, -0.2) is 0 Å². The van der Waals surface area contributed by atoms with Crippen LogP contribution in [0.3, 0.4) is 0 Å². The molecular formula is C16H25N. The lowest BCUT2D eigenvalue weighted by atomic mass is 9.97. The molecule has 2 rings (SSSR count). The average Bonchev–Trinajstić information content (AvgIpc) is 2.90. The van der Waals surface area contributed by atoms with Crippen molar-refractivity contribution >= 4 is 0 Å². The van der Waals surface area contributed by atoms with Crippen LogP contribution < -0.4 is 5.32 Å². The summed E-state index contributed by atoms with van der Waals surface area (Å²) >= 11 is 0. The van der Waals surface area contributed by atoms with E-state index >= 15 is 0 Å². The van der Waals surface area contributed by atoms with Gasteiger partial charge in [-0.3, -0.25) is 0 Å². The van der Waals surface area contributed by atoms with Gasteiger partial charge in [-0.1, -0.05) is 50.1 Å². The molecule has 0 bridgehead atoms. The van der Waals surface area contributed by atoms with Crippen molar-refractivity contribution < 1.29 is 0 Å². The Morgan fingerprint density at radius 1 is 1.12 bits per heavy atom. The van der Waals surface area contributed by atoms with Crippen LogP contribution in [0.1, 0.15) is 51.0 Å². The summed E-state index contributed by atoms with van der Waals surface area (Å²) in [4.78, 5) is 0. The van der Waals surface area contributed by atoms with Gasteiger partial charge >= 0.3 is 0 Å². The minimum atomic E-state index is 0.611. The van der Waals surface area contributed by atoms with Gasteiger partial charge in [0.15, 0.2) is 0 Å². The van der Waals surface area contributed by atoms with Crippen molar-refractivity contribution in [3.63, 3.8) is 0 Å². The molecule has 1 aromatic carbocycles. The second-order valence-corrected chi connectivity index (χ2v) is 5.55. The lowest BCUT2D eigenvalue weighted by Crippen LogP contribution is -2.34. The first-order valence-corrected chi connectivity index (χ1v) is 7.05. The molecule has 17 heavy (non-hydrogen) atoms. The highest BCUT2D eigenvalue weighted by Crippen LogP contribution is 2.27. The molecule has 0 saturated heterocycles. The minimum Gasteiger partial charge on any atom is -0.313 e. The van der Waals surface area contributed by atoms with E-state index in [1.807, 2.05) is 0 Å². The number of benzene rings is 1. The summed E-state index contributed by atoms with van der Waals surface area (Å²) in [5.41, 5.74) is 1.44. The Morgan fingerprint density at radius 3 is 2.41 bits per heavy atom. The SMILES string of the molecule is CC(CN[C@@H](C)C1CCCC1)c1ccccc1. The van der Waals surface area contributed by atoms with Crippen LogP contribution in [0.25, 0.3) is 0 Å². The fourth-order valence-electron chi connectivity index (χ4n) is 2.89. The Kier molecular flexibility index (Phi) is 4.61. The van der Waals surface area contributed by atoms with Gasteiger partial charge in [0.25, 0.3) is 0 Å². The standard InChI is InChI=1S/C16H25N/c1-13(15-8-4-3-5-9-15)12-17-14(2)16-10-6-7-11-16/h3-5,8-9,13-14,16-17H,6-7,10-12H2,1-2H3/t13?,14-/m0/s1. The fourth-order valence-corrected chi connectivity index (χ4v) is 2.89. The van der Waals surface area contributed by atoms with Gasteiger partial charge in [-0.2, -0.15) is 0 Å². The van der Waals surface area contributed by atoms with Gasteiger partial charge in [-0.05, 0) is 37.2 Å². The smallest absolute Gasteiger partial charge is 0.00672 e. The molecule has 94 valence electrons. The summed E-state index contributed by atoms with van der Waals surface area (Å²) in [6.45, 7) is 5.76. The Hall–Kier alpha value is -0.820. The molecular weight excluding hydrogens is 206 g/mol. The first-order valence-electron chi connectivity index (χ1n) is 7.05. The fraction of sp³-hybridized carbons (Fsp3) is 0.625. The lowest BCUT2D eigenvalue weighted by molar-refractivity contribution is 0.375. The summed E-state index contributed by atoms with van der Waals surface area (Å²) in [7, 11) is 0. The number of nitrogens with one attached hydrogen (secondary N) is 1. The third kappa shape index (κ3) is 3.57. The first-order chi connectivity index (χ1) is 8.27. The Labute approximate surface area is 106 Å². The molecule has 1 unspecified atom stereocenters. The van der Waals surface area contributed by atoms with Gasteiger partial charge in [0.2, 0.25) is 0 Å². The predicted molar refractivity (Wildman–Crippen MR) is 74.3 cm³/mol. The Morgan fingerprint density at radius 2 is 1.76 bits per heavy atom. The summed E-state index contributed by atoms with van der Waals surface area (Å²) in [5, 5.41) is 3.72. The normalized spacial score (nSPS) is 20.4. The molecule has 1 heteroatoms. The van der Waals surface area contributed by atoms with Gasteiger partial charge in [0.1, 0.15) is 0 Å². The largest absolute Gasteiger partial charge is 0.313 e. The van der Waals surface area contributed by atoms with Gasteiger partial charge in [0, 0.05) is 12.6 Å². The van der Waals surface area contributed by atoms with Crippen molar-refractivity contribution in [3.8, 4) is 0 Å². The van der Waals surface area contributed by atoms with E-state index in [4.69, 9.17) is 0 Å². The maximum absolute atomic E-state index is 3.72. The molecule has 0 aliphatic heterocycles. The Balaban J connectivity index is 1.77. The van der Waals surface area contributed by atoms with E-state index in [9.17, 15) is 0 Å². The molecule has 0 heterocycles. The average molecular weight is 231 g/mol. The molecule has 2 atom stereocenters. The highest BCUT2D eigenvalue weighted by atomic mass is 14.9. The molecule has 1 aromatic rings. The first kappa shape index (κ1) is 12.6. The van der Waals surface area contributed by atoms with Gasteiger partial charge in [0.05, 0.1) is 0 Å². The molecule has 1 nitrogen and oxygen atoms in total. The van der Waals surface area contributed by atoms with Crippen LogP contribution >= 0.6 is 0 Å². The molecule has 0 aromatic heterocycles. The van der Waals surface area contributed by atoms with Crippen LogP contribution in [0.5, 0.6) is 0 Å². The molecule has 1 fully saturated rings. The molecule has 0 radical (unpaired) electrons. The molecule has 1 saturated carbocycles. The summed E-state index contributed by atoms with van der Waals surface area (Å²) in [6.07, 6.45) is 5.72. The van der Waals surface area contributed by atoms with Crippen LogP contribution in [0.4, 0.5) is 0 Å². The van der Waals surface area contributed by atoms with Crippen LogP contribution in [0, 0.1) is 5.92 Å². The van der Waals surface area contributed by atoms with Gasteiger partial charge in [-0.15, -0.1) is 0 Å². The van der Waals surface area contributed by atoms with E-state index in [1.54, 1.807) is 0 Å². The van der Waals surface area contributed by atoms with Crippen molar-refractivity contribution in [2.24, 2.45) is 5.92 Å². The van der Waals surface area contributed by atoms with E-state index < -0.39 is 0 Å². The quantitative estimate of drug-likeness (QED) is 0.809. The third-order valence-electron chi connectivity index (χ3n) is 4.22. The number of hydrogen-bond acceptors (Lipinski definition) is 1. The van der Waals surface area contributed by atoms with Crippen molar-refractivity contribution in [1.82, 2.24) is 5.32 Å². The summed E-state index contributed by atoms with van der Waals surface area (Å²) in [6, 6.07) is 11.5. The molecule has 0 amide bonds. The van der Waals surface area contributed by atoms with E-state index in [1.165, 1.54) is 31.2 Å². The van der Waals surface area contributed by atoms with Crippen molar-refractivity contribution in [2.75, 3.05) is 6.54 Å². The number of hydrogen-bond donors (Lipinski definition) is 1. The van der Waals surface area contributed by atoms with Crippen molar-refractivity contribution in [3.05, 3.63) is 35.9 Å². The van der Waals surface area contributed by atoms with E-state index in [2.05, 4.69) is 49.5 Å². The van der Waals surface area contributed by atoms with E-state index in [0.29, 0.717) is 12.0 Å². The summed E-state index contributed by atoms with van der Waals surface area (Å²) < 4.78 is 0. The molecule has 0 spiro atoms. The highest BCUT2D eigenvalue weighted by molar-refractivity contribution is 5.18. The zero-order valence-electron chi connectivity index (χ0n) is 11.2. The Bertz CT molecular complexity index is 314. The second kappa shape index (κ2) is 6.20. The molecule has 1 N–H and O–H groups in total. The third-order valence-corrected chi connectivity index (χ3v) is 4.22. The van der Waals surface area contributed by atoms with Crippen LogP contribution in [-0.2, 0) is 0 Å².